The van der Waals surface area contributed by atoms with Gasteiger partial charge in [-0.25, -0.2) is 19.9 Å². The second-order valence-corrected chi connectivity index (χ2v) is 14.0. The summed E-state index contributed by atoms with van der Waals surface area (Å²) in [4.78, 5) is 16.8. The van der Waals surface area contributed by atoms with E-state index in [2.05, 4.69) is 100 Å². The molecule has 4 heterocycles. The van der Waals surface area contributed by atoms with Crippen molar-refractivity contribution in [2.45, 2.75) is 36.5 Å². The van der Waals surface area contributed by atoms with Crippen LogP contribution < -0.4 is 11.5 Å². The van der Waals surface area contributed by atoms with Crippen molar-refractivity contribution in [3.63, 3.8) is 0 Å². The summed E-state index contributed by atoms with van der Waals surface area (Å²) in [6.07, 6.45) is 11.9. The Labute approximate surface area is 283 Å². The van der Waals surface area contributed by atoms with E-state index in [1.54, 1.807) is 12.4 Å². The minimum atomic E-state index is -0.00728. The van der Waals surface area contributed by atoms with Gasteiger partial charge in [-0.1, -0.05) is 67.7 Å². The quantitative estimate of drug-likeness (QED) is 0.219. The average Bonchev–Trinajstić information content (AvgIpc) is 3.50. The van der Waals surface area contributed by atoms with Gasteiger partial charge in [-0.15, -0.1) is 0 Å². The number of ether oxygens (including phenoxy) is 2. The molecule has 0 bridgehead atoms. The van der Waals surface area contributed by atoms with Crippen LogP contribution in [0.1, 0.15) is 59.3 Å². The molecule has 2 aromatic carbocycles. The molecule has 0 radical (unpaired) electrons. The van der Waals surface area contributed by atoms with Crippen LogP contribution in [0.5, 0.6) is 0 Å². The minimum absolute atomic E-state index is 0.00728. The fraction of sp³-hybridized carbons (Fsp3) is 0.294. The van der Waals surface area contributed by atoms with E-state index >= 15 is 0 Å². The third-order valence-corrected chi connectivity index (χ3v) is 10.5. The van der Waals surface area contributed by atoms with E-state index in [9.17, 15) is 0 Å². The zero-order valence-corrected chi connectivity index (χ0v) is 28.3. The molecular formula is C34H31Br2ClN6O2. The lowest BCUT2D eigenvalue weighted by atomic mass is 9.76. The zero-order chi connectivity index (χ0) is 31.2. The maximum absolute atomic E-state index is 6.35. The largest absolute Gasteiger partial charge is 0.381 e. The Morgan fingerprint density at radius 1 is 0.689 bits per heavy atom. The van der Waals surface area contributed by atoms with Crippen LogP contribution in [0.25, 0.3) is 11.1 Å². The van der Waals surface area contributed by atoms with Crippen LogP contribution in [0.2, 0.25) is 5.02 Å². The van der Waals surface area contributed by atoms with Crippen molar-refractivity contribution in [3.8, 4) is 0 Å². The number of halogens is 3. The predicted octanol–water partition coefficient (Wildman–Crippen LogP) is 7.28. The normalized spacial score (nSPS) is 18.9. The van der Waals surface area contributed by atoms with Crippen molar-refractivity contribution in [1.82, 2.24) is 19.9 Å². The average molecular weight is 751 g/mol. The molecule has 0 atom stereocenters. The van der Waals surface area contributed by atoms with Gasteiger partial charge < -0.3 is 20.9 Å². The highest BCUT2D eigenvalue weighted by Gasteiger charge is 2.41. The van der Waals surface area contributed by atoms with Gasteiger partial charge >= 0.3 is 0 Å². The predicted molar refractivity (Wildman–Crippen MR) is 184 cm³/mol. The van der Waals surface area contributed by atoms with Crippen molar-refractivity contribution in [3.05, 3.63) is 115 Å². The van der Waals surface area contributed by atoms with Crippen molar-refractivity contribution < 1.29 is 9.47 Å². The van der Waals surface area contributed by atoms with Crippen molar-refractivity contribution in [2.75, 3.05) is 37.9 Å². The maximum atomic E-state index is 6.35. The number of aromatic nitrogens is 4. The van der Waals surface area contributed by atoms with Gasteiger partial charge in [0.15, 0.2) is 0 Å². The lowest BCUT2D eigenvalue weighted by molar-refractivity contribution is 0.0661. The molecule has 0 saturated carbocycles. The molecule has 4 N–H and O–H groups in total. The first-order valence-electron chi connectivity index (χ1n) is 14.9. The number of hydrogen-bond acceptors (Lipinski definition) is 8. The summed E-state index contributed by atoms with van der Waals surface area (Å²) in [6.45, 7) is 3.12. The van der Waals surface area contributed by atoms with E-state index in [0.717, 1.165) is 83.5 Å². The Morgan fingerprint density at radius 2 is 1.22 bits per heavy atom. The number of benzene rings is 2. The summed E-state index contributed by atoms with van der Waals surface area (Å²) in [7, 11) is 0. The molecule has 2 saturated heterocycles. The fourth-order valence-electron chi connectivity index (χ4n) is 7.01. The van der Waals surface area contributed by atoms with Gasteiger partial charge in [0.25, 0.3) is 0 Å². The first-order valence-corrected chi connectivity index (χ1v) is 16.8. The van der Waals surface area contributed by atoms with Crippen molar-refractivity contribution in [1.29, 1.82) is 0 Å². The van der Waals surface area contributed by atoms with Gasteiger partial charge in [0.2, 0.25) is 11.9 Å². The van der Waals surface area contributed by atoms with Crippen LogP contribution in [0.15, 0.2) is 76.0 Å². The number of nitrogens with zero attached hydrogens (tertiary/aromatic N) is 4. The van der Waals surface area contributed by atoms with E-state index in [4.69, 9.17) is 32.5 Å². The molecule has 8 nitrogen and oxygen atoms in total. The van der Waals surface area contributed by atoms with E-state index in [1.165, 1.54) is 16.7 Å². The van der Waals surface area contributed by atoms with Crippen molar-refractivity contribution in [2.24, 2.45) is 0 Å². The first-order chi connectivity index (χ1) is 21.8. The van der Waals surface area contributed by atoms with Crippen LogP contribution in [-0.4, -0.2) is 46.4 Å². The van der Waals surface area contributed by atoms with Gasteiger partial charge in [0.05, 0.1) is 22.6 Å². The molecule has 2 spiro atoms. The molecule has 2 aromatic heterocycles. The number of allylic oxidation sites excluding steroid dienone is 2. The molecule has 2 aliphatic heterocycles. The van der Waals surface area contributed by atoms with Gasteiger partial charge in [-0.2, -0.15) is 0 Å². The highest BCUT2D eigenvalue weighted by atomic mass is 79.9. The number of nitrogen functional groups attached to an aromatic ring is 2. The Morgan fingerprint density at radius 3 is 1.80 bits per heavy atom. The standard InChI is InChI=1S/C17H15BrClN3O.C17H16BrN3O/c18-10-1-2-13-11(7-10)12(8-17(13)3-5-23-6-4-17)15-14(19)9-21-16(20)22-15;18-11-1-2-14-12(9-11)13(15-3-6-20-16(19)21-15)10-17(14)4-7-22-8-5-17/h1-2,7-9H,3-6H2,(H2,20,21,22);1-3,6,9-10H,4-5,7-8H2,(H2,19,20,21). The van der Waals surface area contributed by atoms with E-state index in [0.29, 0.717) is 16.7 Å². The van der Waals surface area contributed by atoms with Gasteiger partial charge in [0, 0.05) is 63.5 Å². The van der Waals surface area contributed by atoms with Crippen molar-refractivity contribution >= 4 is 66.5 Å². The van der Waals surface area contributed by atoms with Crippen LogP contribution >= 0.6 is 43.5 Å². The smallest absolute Gasteiger partial charge is 0.220 e. The Hall–Kier alpha value is -3.15. The number of rotatable bonds is 2. The number of nitrogens with two attached hydrogens (primary N) is 2. The van der Waals surface area contributed by atoms with Gasteiger partial charge in [-0.3, -0.25) is 0 Å². The number of fused-ring (bicyclic) bond motifs is 4. The van der Waals surface area contributed by atoms with Crippen LogP contribution in [-0.2, 0) is 20.3 Å². The molecule has 8 rings (SSSR count). The molecule has 4 aliphatic rings. The molecular weight excluding hydrogens is 720 g/mol. The fourth-order valence-corrected chi connectivity index (χ4v) is 7.93. The second kappa shape index (κ2) is 12.2. The molecule has 230 valence electrons. The number of anilines is 2. The van der Waals surface area contributed by atoms with E-state index in [1.807, 2.05) is 6.07 Å². The molecule has 4 aromatic rings. The molecule has 2 aliphatic carbocycles. The topological polar surface area (TPSA) is 122 Å². The Bertz CT molecular complexity index is 1850. The Kier molecular flexibility index (Phi) is 8.29. The second-order valence-electron chi connectivity index (χ2n) is 11.8. The van der Waals surface area contributed by atoms with E-state index in [-0.39, 0.29) is 16.8 Å². The summed E-state index contributed by atoms with van der Waals surface area (Å²) in [5, 5.41) is 0.514. The zero-order valence-electron chi connectivity index (χ0n) is 24.4. The first kappa shape index (κ1) is 30.5. The van der Waals surface area contributed by atoms with E-state index < -0.39 is 0 Å². The summed E-state index contributed by atoms with van der Waals surface area (Å²) in [5.74, 6) is 0.539. The molecule has 11 heteroatoms. The van der Waals surface area contributed by atoms with Gasteiger partial charge in [0.1, 0.15) is 0 Å². The van der Waals surface area contributed by atoms with Crippen LogP contribution in [0, 0.1) is 0 Å². The third-order valence-electron chi connectivity index (χ3n) is 9.20. The Balaban J connectivity index is 0.000000145. The molecule has 0 unspecified atom stereocenters. The summed E-state index contributed by atoms with van der Waals surface area (Å²) in [6, 6.07) is 14.8. The van der Waals surface area contributed by atoms with Gasteiger partial charge in [-0.05, 0) is 78.3 Å². The highest BCUT2D eigenvalue weighted by Crippen LogP contribution is 2.50. The third kappa shape index (κ3) is 5.72. The minimum Gasteiger partial charge on any atom is -0.381 e. The molecule has 0 amide bonds. The van der Waals surface area contributed by atoms with Crippen LogP contribution in [0.4, 0.5) is 11.9 Å². The summed E-state index contributed by atoms with van der Waals surface area (Å²) >= 11 is 13.5. The monoisotopic (exact) mass is 748 g/mol. The van der Waals surface area contributed by atoms with Crippen LogP contribution in [0.3, 0.4) is 0 Å². The summed E-state index contributed by atoms with van der Waals surface area (Å²) < 4.78 is 13.2. The lowest BCUT2D eigenvalue weighted by Crippen LogP contribution is -2.30. The molecule has 45 heavy (non-hydrogen) atoms. The highest BCUT2D eigenvalue weighted by molar-refractivity contribution is 9.10. The SMILES string of the molecule is Nc1ncc(Cl)c(C2=CC3(CCOCC3)c3ccc(Br)cc32)n1.Nc1nccc(C2=CC3(CCOCC3)c3ccc(Br)cc32)n1. The summed E-state index contributed by atoms with van der Waals surface area (Å²) in [5.41, 5.74) is 20.4. The molecule has 2 fully saturated rings. The lowest BCUT2D eigenvalue weighted by Gasteiger charge is -2.33. The number of hydrogen-bond donors (Lipinski definition) is 2. The maximum Gasteiger partial charge on any atom is 0.220 e.